The van der Waals surface area contributed by atoms with E-state index in [0.29, 0.717) is 19.3 Å². The van der Waals surface area contributed by atoms with Crippen molar-refractivity contribution < 1.29 is 14.2 Å². The van der Waals surface area contributed by atoms with E-state index < -0.39 is 0 Å². The van der Waals surface area contributed by atoms with Gasteiger partial charge in [-0.05, 0) is 26.1 Å². The first kappa shape index (κ1) is 16.1. The molecule has 5 nitrogen and oxygen atoms in total. The van der Waals surface area contributed by atoms with Crippen LogP contribution in [0, 0.1) is 0 Å². The maximum absolute atomic E-state index is 5.89. The molecule has 1 aliphatic rings. The van der Waals surface area contributed by atoms with Crippen LogP contribution in [0.25, 0.3) is 0 Å². The van der Waals surface area contributed by atoms with E-state index in [9.17, 15) is 0 Å². The number of hydrogen-bond acceptors (Lipinski definition) is 5. The SMILES string of the molecule is CCOc1ccccc1OCCN1CCOCC1CNC. The molecule has 1 heterocycles. The summed E-state index contributed by atoms with van der Waals surface area (Å²) >= 11 is 0. The standard InChI is InChI=1S/C16H26N2O3/c1-3-20-15-6-4-5-7-16(15)21-11-9-18-8-10-19-13-14(18)12-17-2/h4-7,14,17H,3,8-13H2,1-2H3. The van der Waals surface area contributed by atoms with Crippen LogP contribution in [-0.4, -0.2) is 64.1 Å². The van der Waals surface area contributed by atoms with Crippen molar-refractivity contribution in [3.63, 3.8) is 0 Å². The van der Waals surface area contributed by atoms with E-state index in [4.69, 9.17) is 14.2 Å². The lowest BCUT2D eigenvalue weighted by atomic mass is 10.2. The third-order valence-electron chi connectivity index (χ3n) is 3.57. The average Bonchev–Trinajstić information content (AvgIpc) is 2.51. The molecule has 1 aliphatic heterocycles. The minimum absolute atomic E-state index is 0.425. The van der Waals surface area contributed by atoms with Crippen LogP contribution in [0.3, 0.4) is 0 Å². The Balaban J connectivity index is 1.82. The van der Waals surface area contributed by atoms with Gasteiger partial charge in [-0.15, -0.1) is 0 Å². The molecular formula is C16H26N2O3. The number of morpholine rings is 1. The van der Waals surface area contributed by atoms with Crippen molar-refractivity contribution in [2.24, 2.45) is 0 Å². The number of benzene rings is 1. The third kappa shape index (κ3) is 4.88. The predicted octanol–water partition coefficient (Wildman–Crippen LogP) is 1.38. The fourth-order valence-electron chi connectivity index (χ4n) is 2.52. The summed E-state index contributed by atoms with van der Waals surface area (Å²) in [6.45, 7) is 7.67. The summed E-state index contributed by atoms with van der Waals surface area (Å²) < 4.78 is 17.0. The highest BCUT2D eigenvalue weighted by atomic mass is 16.5. The minimum Gasteiger partial charge on any atom is -0.490 e. The van der Waals surface area contributed by atoms with Crippen LogP contribution < -0.4 is 14.8 Å². The number of nitrogens with one attached hydrogen (secondary N) is 1. The third-order valence-corrected chi connectivity index (χ3v) is 3.57. The van der Waals surface area contributed by atoms with Gasteiger partial charge >= 0.3 is 0 Å². The molecule has 0 aliphatic carbocycles. The Labute approximate surface area is 127 Å². The average molecular weight is 294 g/mol. The number of rotatable bonds is 8. The number of ether oxygens (including phenoxy) is 3. The molecule has 0 amide bonds. The first-order valence-corrected chi connectivity index (χ1v) is 7.66. The Bertz CT molecular complexity index is 412. The van der Waals surface area contributed by atoms with Gasteiger partial charge in [0.2, 0.25) is 0 Å². The summed E-state index contributed by atoms with van der Waals surface area (Å²) in [4.78, 5) is 2.42. The molecular weight excluding hydrogens is 268 g/mol. The van der Waals surface area contributed by atoms with Crippen LogP contribution in [0.1, 0.15) is 6.92 Å². The Morgan fingerprint density at radius 3 is 2.76 bits per heavy atom. The highest BCUT2D eigenvalue weighted by molar-refractivity contribution is 5.39. The van der Waals surface area contributed by atoms with Crippen LogP contribution in [0.15, 0.2) is 24.3 Å². The van der Waals surface area contributed by atoms with Crippen molar-refractivity contribution >= 4 is 0 Å². The smallest absolute Gasteiger partial charge is 0.161 e. The van der Waals surface area contributed by atoms with Crippen molar-refractivity contribution in [1.29, 1.82) is 0 Å². The molecule has 1 unspecified atom stereocenters. The van der Waals surface area contributed by atoms with Crippen molar-refractivity contribution in [2.75, 3.05) is 53.1 Å². The highest BCUT2D eigenvalue weighted by Crippen LogP contribution is 2.26. The van der Waals surface area contributed by atoms with E-state index in [1.165, 1.54) is 0 Å². The fourth-order valence-corrected chi connectivity index (χ4v) is 2.52. The van der Waals surface area contributed by atoms with E-state index >= 15 is 0 Å². The van der Waals surface area contributed by atoms with Crippen LogP contribution in [0.4, 0.5) is 0 Å². The zero-order chi connectivity index (χ0) is 14.9. The zero-order valence-electron chi connectivity index (χ0n) is 13.0. The molecule has 0 aromatic heterocycles. The molecule has 1 aromatic carbocycles. The van der Waals surface area contributed by atoms with Crippen molar-refractivity contribution in [3.8, 4) is 11.5 Å². The summed E-state index contributed by atoms with van der Waals surface area (Å²) in [5.74, 6) is 1.63. The summed E-state index contributed by atoms with van der Waals surface area (Å²) in [7, 11) is 1.97. The van der Waals surface area contributed by atoms with Gasteiger partial charge < -0.3 is 19.5 Å². The summed E-state index contributed by atoms with van der Waals surface area (Å²) in [6, 6.07) is 8.25. The quantitative estimate of drug-likeness (QED) is 0.785. The normalized spacial score (nSPS) is 19.4. The van der Waals surface area contributed by atoms with Crippen LogP contribution in [0.2, 0.25) is 0 Å². The largest absolute Gasteiger partial charge is 0.490 e. The van der Waals surface area contributed by atoms with Gasteiger partial charge in [-0.3, -0.25) is 4.90 Å². The Morgan fingerprint density at radius 1 is 1.29 bits per heavy atom. The second-order valence-corrected chi connectivity index (χ2v) is 5.05. The van der Waals surface area contributed by atoms with E-state index in [1.54, 1.807) is 0 Å². The van der Waals surface area contributed by atoms with Gasteiger partial charge in [0.15, 0.2) is 11.5 Å². The van der Waals surface area contributed by atoms with Gasteiger partial charge in [-0.1, -0.05) is 12.1 Å². The molecule has 0 saturated carbocycles. The number of nitrogens with zero attached hydrogens (tertiary/aromatic N) is 1. The molecule has 2 rings (SSSR count). The van der Waals surface area contributed by atoms with E-state index in [1.807, 2.05) is 38.2 Å². The van der Waals surface area contributed by atoms with E-state index in [-0.39, 0.29) is 0 Å². The van der Waals surface area contributed by atoms with Gasteiger partial charge in [0.25, 0.3) is 0 Å². The van der Waals surface area contributed by atoms with Crippen LogP contribution in [0.5, 0.6) is 11.5 Å². The van der Waals surface area contributed by atoms with Crippen molar-refractivity contribution in [2.45, 2.75) is 13.0 Å². The second kappa shape index (κ2) is 8.87. The molecule has 1 fully saturated rings. The number of hydrogen-bond donors (Lipinski definition) is 1. The monoisotopic (exact) mass is 294 g/mol. The van der Waals surface area contributed by atoms with Crippen LogP contribution in [-0.2, 0) is 4.74 Å². The minimum atomic E-state index is 0.425. The molecule has 0 bridgehead atoms. The Hall–Kier alpha value is -1.30. The van der Waals surface area contributed by atoms with Gasteiger partial charge in [0.1, 0.15) is 6.61 Å². The molecule has 1 aromatic rings. The van der Waals surface area contributed by atoms with E-state index in [2.05, 4.69) is 10.2 Å². The molecule has 5 heteroatoms. The summed E-state index contributed by atoms with van der Waals surface area (Å²) in [5.41, 5.74) is 0. The lowest BCUT2D eigenvalue weighted by molar-refractivity contribution is -0.0110. The van der Waals surface area contributed by atoms with Crippen LogP contribution >= 0.6 is 0 Å². The van der Waals surface area contributed by atoms with Gasteiger partial charge in [-0.25, -0.2) is 0 Å². The molecule has 21 heavy (non-hydrogen) atoms. The van der Waals surface area contributed by atoms with Gasteiger partial charge in [-0.2, -0.15) is 0 Å². The summed E-state index contributed by atoms with van der Waals surface area (Å²) in [5, 5.41) is 3.22. The Morgan fingerprint density at radius 2 is 2.05 bits per heavy atom. The number of para-hydroxylation sites is 2. The fraction of sp³-hybridized carbons (Fsp3) is 0.625. The van der Waals surface area contributed by atoms with Crippen molar-refractivity contribution in [1.82, 2.24) is 10.2 Å². The summed E-state index contributed by atoms with van der Waals surface area (Å²) in [6.07, 6.45) is 0. The van der Waals surface area contributed by atoms with E-state index in [0.717, 1.165) is 44.3 Å². The molecule has 118 valence electrons. The lowest BCUT2D eigenvalue weighted by Gasteiger charge is -2.35. The first-order valence-electron chi connectivity index (χ1n) is 7.66. The lowest BCUT2D eigenvalue weighted by Crippen LogP contribution is -2.51. The second-order valence-electron chi connectivity index (χ2n) is 5.05. The predicted molar refractivity (Wildman–Crippen MR) is 83.2 cm³/mol. The zero-order valence-corrected chi connectivity index (χ0v) is 13.0. The Kier molecular flexibility index (Phi) is 6.79. The molecule has 0 radical (unpaired) electrons. The molecule has 1 atom stereocenters. The topological polar surface area (TPSA) is 43.0 Å². The molecule has 1 N–H and O–H groups in total. The highest BCUT2D eigenvalue weighted by Gasteiger charge is 2.22. The maximum Gasteiger partial charge on any atom is 0.161 e. The first-order chi connectivity index (χ1) is 10.3. The maximum atomic E-state index is 5.89. The van der Waals surface area contributed by atoms with Gasteiger partial charge in [0.05, 0.1) is 19.8 Å². The van der Waals surface area contributed by atoms with Crippen molar-refractivity contribution in [3.05, 3.63) is 24.3 Å². The van der Waals surface area contributed by atoms with Gasteiger partial charge in [0, 0.05) is 25.7 Å². The molecule has 1 saturated heterocycles. The number of likely N-dealkylation sites (N-methyl/N-ethyl adjacent to an activating group) is 1. The molecule has 0 spiro atoms.